The highest BCUT2D eigenvalue weighted by Crippen LogP contribution is 2.35. The van der Waals surface area contributed by atoms with E-state index in [0.29, 0.717) is 6.42 Å². The van der Waals surface area contributed by atoms with Gasteiger partial charge in [-0.3, -0.25) is 14.1 Å². The van der Waals surface area contributed by atoms with Crippen LogP contribution in [0.5, 0.6) is 0 Å². The molecular weight excluding hydrogens is 531 g/mol. The summed E-state index contributed by atoms with van der Waals surface area (Å²) in [7, 11) is -4.75. The first kappa shape index (κ1) is 38.0. The first-order chi connectivity index (χ1) is 19.3. The number of phosphoric ester groups is 1. The van der Waals surface area contributed by atoms with Gasteiger partial charge in [-0.1, -0.05) is 120 Å². The van der Waals surface area contributed by atoms with Crippen molar-refractivity contribution in [2.24, 2.45) is 0 Å². The molecule has 0 aliphatic carbocycles. The molecule has 0 saturated heterocycles. The second-order valence-corrected chi connectivity index (χ2v) is 11.0. The van der Waals surface area contributed by atoms with Crippen LogP contribution in [0.2, 0.25) is 0 Å². The Labute approximate surface area is 242 Å². The number of hydrogen-bond donors (Lipinski definition) is 2. The summed E-state index contributed by atoms with van der Waals surface area (Å²) in [5, 5.41) is 0. The molecule has 40 heavy (non-hydrogen) atoms. The maximum Gasteiger partial charge on any atom is 0.469 e. The minimum Gasteiger partial charge on any atom is -0.462 e. The highest BCUT2D eigenvalue weighted by atomic mass is 31.2. The van der Waals surface area contributed by atoms with Crippen molar-refractivity contribution in [2.45, 2.75) is 123 Å². The Kier molecular flexibility index (Phi) is 25.8. The molecule has 0 radical (unpaired) electrons. The molecule has 0 rings (SSSR count). The number of carbonyl (C=O) groups is 2. The minimum atomic E-state index is -4.75. The molecule has 0 aromatic rings. The van der Waals surface area contributed by atoms with Crippen LogP contribution in [0.4, 0.5) is 0 Å². The normalized spacial score (nSPS) is 13.2. The van der Waals surface area contributed by atoms with Gasteiger partial charge in [0.1, 0.15) is 6.61 Å². The second-order valence-electron chi connectivity index (χ2n) is 9.79. The maximum atomic E-state index is 12.2. The quantitative estimate of drug-likeness (QED) is 0.0453. The molecule has 0 spiro atoms. The Bertz CT molecular complexity index is 797. The van der Waals surface area contributed by atoms with E-state index in [-0.39, 0.29) is 19.4 Å². The van der Waals surface area contributed by atoms with E-state index in [9.17, 15) is 14.2 Å². The molecule has 0 aromatic carbocycles. The van der Waals surface area contributed by atoms with Gasteiger partial charge < -0.3 is 19.3 Å². The number of phosphoric acid groups is 1. The van der Waals surface area contributed by atoms with E-state index >= 15 is 0 Å². The lowest BCUT2D eigenvalue weighted by atomic mass is 10.1. The average Bonchev–Trinajstić information content (AvgIpc) is 2.91. The van der Waals surface area contributed by atoms with E-state index in [0.717, 1.165) is 44.9 Å². The van der Waals surface area contributed by atoms with Crippen LogP contribution in [-0.4, -0.2) is 41.0 Å². The summed E-state index contributed by atoms with van der Waals surface area (Å²) in [6.45, 7) is 3.44. The Morgan fingerprint density at radius 1 is 0.675 bits per heavy atom. The van der Waals surface area contributed by atoms with Crippen molar-refractivity contribution >= 4 is 19.8 Å². The van der Waals surface area contributed by atoms with Gasteiger partial charge in [-0.25, -0.2) is 4.57 Å². The van der Waals surface area contributed by atoms with Gasteiger partial charge in [0, 0.05) is 12.8 Å². The predicted octanol–water partition coefficient (Wildman–Crippen LogP) is 8.06. The zero-order valence-electron chi connectivity index (χ0n) is 24.7. The molecule has 1 atom stereocenters. The molecule has 2 N–H and O–H groups in total. The van der Waals surface area contributed by atoms with Gasteiger partial charge in [0.05, 0.1) is 6.61 Å². The van der Waals surface area contributed by atoms with Crippen molar-refractivity contribution in [3.8, 4) is 0 Å². The van der Waals surface area contributed by atoms with Crippen LogP contribution in [0.15, 0.2) is 48.6 Å². The van der Waals surface area contributed by atoms with Crippen molar-refractivity contribution in [3.05, 3.63) is 48.6 Å². The van der Waals surface area contributed by atoms with Gasteiger partial charge in [0.15, 0.2) is 6.10 Å². The van der Waals surface area contributed by atoms with Crippen molar-refractivity contribution in [1.29, 1.82) is 0 Å². The Hall–Kier alpha value is -1.99. The molecule has 9 heteroatoms. The molecule has 230 valence electrons. The van der Waals surface area contributed by atoms with Gasteiger partial charge >= 0.3 is 19.8 Å². The fraction of sp³-hybridized carbons (Fsp3) is 0.677. The topological polar surface area (TPSA) is 119 Å². The number of rotatable bonds is 26. The summed E-state index contributed by atoms with van der Waals surface area (Å²) in [6.07, 6.45) is 29.9. The number of hydrogen-bond acceptors (Lipinski definition) is 6. The lowest BCUT2D eigenvalue weighted by Crippen LogP contribution is -2.29. The number of esters is 2. The van der Waals surface area contributed by atoms with E-state index in [4.69, 9.17) is 19.3 Å². The summed E-state index contributed by atoms with van der Waals surface area (Å²) >= 11 is 0. The van der Waals surface area contributed by atoms with Crippen molar-refractivity contribution in [3.63, 3.8) is 0 Å². The molecule has 0 amide bonds. The molecule has 0 saturated carbocycles. The van der Waals surface area contributed by atoms with Gasteiger partial charge in [-0.2, -0.15) is 0 Å². The number of unbranched alkanes of at least 4 members (excludes halogenated alkanes) is 11. The van der Waals surface area contributed by atoms with E-state index in [2.05, 4.69) is 30.5 Å². The zero-order chi connectivity index (χ0) is 29.7. The predicted molar refractivity (Wildman–Crippen MR) is 161 cm³/mol. The third kappa shape index (κ3) is 29.0. The van der Waals surface area contributed by atoms with E-state index in [1.54, 1.807) is 0 Å². The molecule has 0 heterocycles. The second kappa shape index (κ2) is 27.2. The first-order valence-corrected chi connectivity index (χ1v) is 16.5. The number of ether oxygens (including phenoxy) is 2. The Balaban J connectivity index is 4.18. The van der Waals surface area contributed by atoms with Gasteiger partial charge in [-0.05, 0) is 32.1 Å². The number of allylic oxidation sites excluding steroid dienone is 8. The highest BCUT2D eigenvalue weighted by Gasteiger charge is 2.22. The van der Waals surface area contributed by atoms with E-state index < -0.39 is 32.5 Å². The molecule has 0 fully saturated rings. The van der Waals surface area contributed by atoms with Gasteiger partial charge in [-0.15, -0.1) is 0 Å². The summed E-state index contributed by atoms with van der Waals surface area (Å²) in [5.74, 6) is -0.941. The molecule has 8 nitrogen and oxygen atoms in total. The standard InChI is InChI=1S/C31H53O8P/c1-3-5-7-9-11-13-14-15-16-18-20-22-24-26-31(33)39-29(28-38-40(34,35)36)27-37-30(32)25-23-21-19-17-12-10-8-6-4-2/h5,7,9,11,13-16,29H,3-4,6,8,10,12,17-28H2,1-2H3,(H2,34,35,36)/b7-5+,11-9+,14-13+,16-15+. The summed E-state index contributed by atoms with van der Waals surface area (Å²) in [5.41, 5.74) is 0. The average molecular weight is 585 g/mol. The van der Waals surface area contributed by atoms with Crippen LogP contribution in [-0.2, 0) is 28.2 Å². The van der Waals surface area contributed by atoms with Gasteiger partial charge in [0.25, 0.3) is 0 Å². The largest absolute Gasteiger partial charge is 0.469 e. The van der Waals surface area contributed by atoms with Crippen LogP contribution in [0.25, 0.3) is 0 Å². The summed E-state index contributed by atoms with van der Waals surface area (Å²) in [6, 6.07) is 0. The lowest BCUT2D eigenvalue weighted by Gasteiger charge is -2.18. The SMILES string of the molecule is CC/C=C/C=C/C=C/C=C/CCCCCC(=O)OC(COC(=O)CCCCCCCCCCC)COP(=O)(O)O. The molecular formula is C31H53O8P. The Morgan fingerprint density at radius 3 is 1.80 bits per heavy atom. The third-order valence-corrected chi connectivity index (χ3v) is 6.44. The molecule has 1 unspecified atom stereocenters. The first-order valence-electron chi connectivity index (χ1n) is 15.0. The lowest BCUT2D eigenvalue weighted by molar-refractivity contribution is -0.161. The van der Waals surface area contributed by atoms with Crippen LogP contribution in [0, 0.1) is 0 Å². The van der Waals surface area contributed by atoms with Crippen molar-refractivity contribution < 1.29 is 37.9 Å². The minimum absolute atomic E-state index is 0.165. The molecule has 0 aromatic heterocycles. The van der Waals surface area contributed by atoms with Crippen molar-refractivity contribution in [2.75, 3.05) is 13.2 Å². The van der Waals surface area contributed by atoms with E-state index in [1.165, 1.54) is 38.5 Å². The van der Waals surface area contributed by atoms with Crippen molar-refractivity contribution in [1.82, 2.24) is 0 Å². The molecule has 0 bridgehead atoms. The smallest absolute Gasteiger partial charge is 0.462 e. The molecule has 0 aliphatic heterocycles. The Morgan fingerprint density at radius 2 is 1.20 bits per heavy atom. The number of carbonyl (C=O) groups excluding carboxylic acids is 2. The maximum absolute atomic E-state index is 12.2. The monoisotopic (exact) mass is 584 g/mol. The molecule has 0 aliphatic rings. The van der Waals surface area contributed by atoms with Crippen LogP contribution >= 0.6 is 7.82 Å². The van der Waals surface area contributed by atoms with Crippen LogP contribution < -0.4 is 0 Å². The fourth-order valence-corrected chi connectivity index (χ4v) is 4.09. The zero-order valence-corrected chi connectivity index (χ0v) is 25.6. The van der Waals surface area contributed by atoms with Crippen LogP contribution in [0.3, 0.4) is 0 Å². The van der Waals surface area contributed by atoms with Crippen LogP contribution in [0.1, 0.15) is 117 Å². The summed E-state index contributed by atoms with van der Waals surface area (Å²) in [4.78, 5) is 42.3. The fourth-order valence-electron chi connectivity index (χ4n) is 3.73. The highest BCUT2D eigenvalue weighted by molar-refractivity contribution is 7.46. The third-order valence-electron chi connectivity index (χ3n) is 5.96. The van der Waals surface area contributed by atoms with Gasteiger partial charge in [0.2, 0.25) is 0 Å². The van der Waals surface area contributed by atoms with E-state index in [1.807, 2.05) is 36.5 Å². The summed E-state index contributed by atoms with van der Waals surface area (Å²) < 4.78 is 26.0.